The maximum absolute atomic E-state index is 12.9. The molecule has 1 amide bonds. The van der Waals surface area contributed by atoms with Crippen molar-refractivity contribution in [2.75, 3.05) is 40.9 Å². The van der Waals surface area contributed by atoms with Gasteiger partial charge in [-0.25, -0.2) is 4.57 Å². The van der Waals surface area contributed by atoms with E-state index in [0.717, 1.165) is 103 Å². The van der Waals surface area contributed by atoms with Crippen LogP contribution in [0.2, 0.25) is 0 Å². The number of nitrogens with zero attached hydrogens (tertiary/aromatic N) is 1. The summed E-state index contributed by atoms with van der Waals surface area (Å²) in [5.74, 6) is -0.184. The number of phosphoric ester groups is 1. The van der Waals surface area contributed by atoms with Crippen molar-refractivity contribution in [2.45, 2.75) is 187 Å². The van der Waals surface area contributed by atoms with Crippen LogP contribution in [0.4, 0.5) is 0 Å². The van der Waals surface area contributed by atoms with Gasteiger partial charge >= 0.3 is 7.82 Å². The molecule has 0 spiro atoms. The smallest absolute Gasteiger partial charge is 0.391 e. The molecular weight excluding hydrogens is 804 g/mol. The molecule has 0 aromatic rings. The third kappa shape index (κ3) is 47.0. The number of phosphoric acid groups is 1. The van der Waals surface area contributed by atoms with Crippen molar-refractivity contribution in [3.05, 3.63) is 109 Å². The van der Waals surface area contributed by atoms with Crippen LogP contribution in [0.1, 0.15) is 174 Å². The number of carbonyl (C=O) groups is 1. The van der Waals surface area contributed by atoms with Gasteiger partial charge in [-0.05, 0) is 83.5 Å². The largest absolute Gasteiger partial charge is 0.472 e. The first-order valence-corrected chi connectivity index (χ1v) is 26.2. The van der Waals surface area contributed by atoms with Crippen LogP contribution in [0, 0.1) is 0 Å². The van der Waals surface area contributed by atoms with Crippen LogP contribution >= 0.6 is 7.82 Å². The molecule has 0 heterocycles. The van der Waals surface area contributed by atoms with Gasteiger partial charge in [0.25, 0.3) is 0 Å². The van der Waals surface area contributed by atoms with Gasteiger partial charge in [-0.2, -0.15) is 0 Å². The molecule has 0 aromatic carbocycles. The summed E-state index contributed by atoms with van der Waals surface area (Å²) >= 11 is 0. The lowest BCUT2D eigenvalue weighted by Crippen LogP contribution is -2.46. The molecule has 9 heteroatoms. The molecule has 0 saturated heterocycles. The lowest BCUT2D eigenvalue weighted by Gasteiger charge is -2.26. The third-order valence-electron chi connectivity index (χ3n) is 10.3. The minimum atomic E-state index is -4.33. The molecule has 0 aliphatic carbocycles. The highest BCUT2D eigenvalue weighted by Crippen LogP contribution is 2.43. The number of nitrogens with one attached hydrogen (secondary N) is 1. The van der Waals surface area contributed by atoms with Crippen molar-refractivity contribution >= 4 is 13.7 Å². The summed E-state index contributed by atoms with van der Waals surface area (Å²) in [5.41, 5.74) is 0. The number of unbranched alkanes of at least 4 members (excludes halogenated alkanes) is 12. The topological polar surface area (TPSA) is 105 Å². The number of hydrogen-bond donors (Lipinski definition) is 3. The zero-order valence-corrected chi connectivity index (χ0v) is 41.7. The first-order valence-electron chi connectivity index (χ1n) is 24.8. The molecule has 3 unspecified atom stereocenters. The van der Waals surface area contributed by atoms with Gasteiger partial charge in [0.1, 0.15) is 13.2 Å². The first-order chi connectivity index (χ1) is 30.5. The van der Waals surface area contributed by atoms with Gasteiger partial charge < -0.3 is 19.8 Å². The Labute approximate surface area is 387 Å². The molecule has 0 aliphatic rings. The summed E-state index contributed by atoms with van der Waals surface area (Å²) in [6, 6.07) is -0.785. The van der Waals surface area contributed by atoms with Gasteiger partial charge in [-0.3, -0.25) is 13.8 Å². The van der Waals surface area contributed by atoms with E-state index in [1.165, 1.54) is 44.9 Å². The molecule has 0 fully saturated rings. The van der Waals surface area contributed by atoms with Gasteiger partial charge in [0.15, 0.2) is 0 Å². The third-order valence-corrected chi connectivity index (χ3v) is 11.3. The van der Waals surface area contributed by atoms with E-state index in [1.807, 2.05) is 21.1 Å². The van der Waals surface area contributed by atoms with E-state index < -0.39 is 20.0 Å². The maximum Gasteiger partial charge on any atom is 0.472 e. The van der Waals surface area contributed by atoms with E-state index in [1.54, 1.807) is 0 Å². The number of aliphatic hydroxyl groups is 1. The lowest BCUT2D eigenvalue weighted by atomic mass is 10.0. The standard InChI is InChI=1S/C54H93N2O6P/c1-6-8-10-12-14-16-18-19-20-21-22-23-24-25-26-27-28-29-30-31-32-33-34-35-36-37-38-40-42-44-46-48-54(58)55-52(51-62-63(59,60)61-50-49-56(3,4)5)53(57)47-45-43-41-39-17-15-13-11-9-7-2/h8,10,14,16,19-20,22-23,25-26,28-29,31-32,34-35,37-38,52-53,57H,6-7,9,11-13,15,17-18,21,24,27,30,33,36,39-51H2,1-5H3,(H-,55,58,59,60)/p+1/b10-8-,16-14-,20-19-,23-22-,26-25-,29-28-,32-31-,35-34-,38-37-. The minimum absolute atomic E-state index is 0.0613. The Bertz CT molecular complexity index is 1390. The average molecular weight is 898 g/mol. The number of amides is 1. The Balaban J connectivity index is 4.27. The number of allylic oxidation sites excluding steroid dienone is 18. The Hall–Kier alpha value is -2.84. The highest BCUT2D eigenvalue weighted by atomic mass is 31.2. The fourth-order valence-electron chi connectivity index (χ4n) is 6.39. The van der Waals surface area contributed by atoms with Crippen LogP contribution in [0.5, 0.6) is 0 Å². The molecule has 0 rings (SSSR count). The molecule has 3 N–H and O–H groups in total. The second-order valence-electron chi connectivity index (χ2n) is 17.5. The number of carbonyl (C=O) groups excluding carboxylic acids is 1. The number of likely N-dealkylation sites (N-methyl/N-ethyl adjacent to an activating group) is 1. The van der Waals surface area contributed by atoms with E-state index in [0.29, 0.717) is 23.9 Å². The van der Waals surface area contributed by atoms with E-state index in [-0.39, 0.29) is 19.1 Å². The quantitative estimate of drug-likeness (QED) is 0.0244. The van der Waals surface area contributed by atoms with Gasteiger partial charge in [-0.1, -0.05) is 194 Å². The van der Waals surface area contributed by atoms with Gasteiger partial charge in [-0.15, -0.1) is 0 Å². The molecule has 0 saturated carbocycles. The number of aliphatic hydroxyl groups excluding tert-OH is 1. The van der Waals surface area contributed by atoms with Crippen LogP contribution in [0.15, 0.2) is 109 Å². The fourth-order valence-corrected chi connectivity index (χ4v) is 7.12. The van der Waals surface area contributed by atoms with E-state index in [4.69, 9.17) is 9.05 Å². The normalized spacial score (nSPS) is 15.1. The van der Waals surface area contributed by atoms with Crippen LogP contribution in [-0.4, -0.2) is 73.4 Å². The van der Waals surface area contributed by atoms with Gasteiger partial charge in [0.2, 0.25) is 5.91 Å². The van der Waals surface area contributed by atoms with Crippen LogP contribution in [-0.2, 0) is 18.4 Å². The summed E-state index contributed by atoms with van der Waals surface area (Å²) in [6.07, 6.45) is 64.2. The second-order valence-corrected chi connectivity index (χ2v) is 18.9. The minimum Gasteiger partial charge on any atom is -0.391 e. The van der Waals surface area contributed by atoms with Crippen LogP contribution in [0.25, 0.3) is 0 Å². The Morgan fingerprint density at radius 2 is 0.952 bits per heavy atom. The van der Waals surface area contributed by atoms with Crippen molar-refractivity contribution in [2.24, 2.45) is 0 Å². The summed E-state index contributed by atoms with van der Waals surface area (Å²) in [5, 5.41) is 13.9. The van der Waals surface area contributed by atoms with E-state index in [9.17, 15) is 19.4 Å². The molecule has 0 bridgehead atoms. The van der Waals surface area contributed by atoms with Crippen molar-refractivity contribution < 1.29 is 32.9 Å². The van der Waals surface area contributed by atoms with Crippen LogP contribution in [0.3, 0.4) is 0 Å². The molecule has 0 aliphatic heterocycles. The number of hydrogen-bond acceptors (Lipinski definition) is 5. The highest BCUT2D eigenvalue weighted by molar-refractivity contribution is 7.47. The molecule has 0 aromatic heterocycles. The van der Waals surface area contributed by atoms with E-state index >= 15 is 0 Å². The Morgan fingerprint density at radius 1 is 0.556 bits per heavy atom. The molecule has 0 radical (unpaired) electrons. The van der Waals surface area contributed by atoms with Crippen molar-refractivity contribution in [1.82, 2.24) is 5.32 Å². The van der Waals surface area contributed by atoms with Crippen molar-refractivity contribution in [1.29, 1.82) is 0 Å². The van der Waals surface area contributed by atoms with Crippen molar-refractivity contribution in [3.8, 4) is 0 Å². The van der Waals surface area contributed by atoms with Gasteiger partial charge in [0.05, 0.1) is 39.9 Å². The molecule has 63 heavy (non-hydrogen) atoms. The monoisotopic (exact) mass is 898 g/mol. The molecule has 8 nitrogen and oxygen atoms in total. The number of rotatable bonds is 43. The zero-order chi connectivity index (χ0) is 46.4. The molecule has 360 valence electrons. The Kier molecular flexibility index (Phi) is 42.4. The average Bonchev–Trinajstić information content (AvgIpc) is 3.24. The predicted octanol–water partition coefficient (Wildman–Crippen LogP) is 14.5. The second kappa shape index (κ2) is 44.4. The fraction of sp³-hybridized carbons (Fsp3) is 0.648. The van der Waals surface area contributed by atoms with Crippen LogP contribution < -0.4 is 5.32 Å². The van der Waals surface area contributed by atoms with E-state index in [2.05, 4.69) is 129 Å². The van der Waals surface area contributed by atoms with Gasteiger partial charge in [0, 0.05) is 6.42 Å². The highest BCUT2D eigenvalue weighted by Gasteiger charge is 2.28. The predicted molar refractivity (Wildman–Crippen MR) is 272 cm³/mol. The maximum atomic E-state index is 12.9. The summed E-state index contributed by atoms with van der Waals surface area (Å²) in [4.78, 5) is 23.1. The summed E-state index contributed by atoms with van der Waals surface area (Å²) < 4.78 is 23.6. The molecule has 3 atom stereocenters. The summed E-state index contributed by atoms with van der Waals surface area (Å²) in [6.45, 7) is 4.70. The zero-order valence-electron chi connectivity index (χ0n) is 40.8. The number of quaternary nitrogens is 1. The SMILES string of the molecule is CC/C=C\C/C=C\C/C=C\C/C=C\C/C=C\C/C=C\C/C=C\C/C=C\C/C=C\CCCCCC(=O)NC(COP(=O)(O)OCC[N+](C)(C)C)C(O)CCCCCCCCCCCC. The lowest BCUT2D eigenvalue weighted by molar-refractivity contribution is -0.870. The summed E-state index contributed by atoms with van der Waals surface area (Å²) in [7, 11) is 1.57. The molecular formula is C54H94N2O6P+. The van der Waals surface area contributed by atoms with Crippen molar-refractivity contribution in [3.63, 3.8) is 0 Å². The Morgan fingerprint density at radius 3 is 1.38 bits per heavy atom. The first kappa shape index (κ1) is 60.2.